The largest absolute Gasteiger partial charge is 0.477 e. The molecule has 2 unspecified atom stereocenters. The lowest BCUT2D eigenvalue weighted by Gasteiger charge is -2.31. The first-order valence-corrected chi connectivity index (χ1v) is 10.1. The molecule has 0 aromatic heterocycles. The molecule has 0 fully saturated rings. The Hall–Kier alpha value is -1.67. The molecule has 0 aromatic rings. The van der Waals surface area contributed by atoms with Crippen LogP contribution in [0.5, 0.6) is 0 Å². The maximum atomic E-state index is 11.9. The number of ether oxygens (including phenoxy) is 3. The van der Waals surface area contributed by atoms with Crippen LogP contribution in [0.2, 0.25) is 0 Å². The zero-order valence-electron chi connectivity index (χ0n) is 18.1. The summed E-state index contributed by atoms with van der Waals surface area (Å²) in [4.78, 5) is 35.0. The van der Waals surface area contributed by atoms with Crippen molar-refractivity contribution >= 4 is 17.9 Å². The van der Waals surface area contributed by atoms with E-state index < -0.39 is 18.1 Å². The van der Waals surface area contributed by atoms with Gasteiger partial charge in [-0.25, -0.2) is 4.79 Å². The van der Waals surface area contributed by atoms with Gasteiger partial charge in [-0.2, -0.15) is 0 Å². The monoisotopic (exact) mass is 404 g/mol. The van der Waals surface area contributed by atoms with Crippen molar-refractivity contribution < 1.29 is 38.2 Å². The first-order chi connectivity index (χ1) is 13.1. The van der Waals surface area contributed by atoms with Gasteiger partial charge in [0.2, 0.25) is 0 Å². The third-order valence-electron chi connectivity index (χ3n) is 4.26. The summed E-state index contributed by atoms with van der Waals surface area (Å²) in [6, 6.07) is -0.600. The van der Waals surface area contributed by atoms with Crippen molar-refractivity contribution in [1.29, 1.82) is 0 Å². The second-order valence-corrected chi connectivity index (χ2v) is 7.84. The van der Waals surface area contributed by atoms with Gasteiger partial charge < -0.3 is 23.8 Å². The van der Waals surface area contributed by atoms with Crippen molar-refractivity contribution in [2.75, 3.05) is 41.0 Å². The lowest BCUT2D eigenvalue weighted by molar-refractivity contribution is -0.887. The van der Waals surface area contributed by atoms with Gasteiger partial charge in [0, 0.05) is 19.3 Å². The molecule has 1 N–H and O–H groups in total. The molecule has 0 aliphatic rings. The molecule has 2 atom stereocenters. The van der Waals surface area contributed by atoms with Crippen LogP contribution in [-0.4, -0.2) is 80.6 Å². The van der Waals surface area contributed by atoms with Gasteiger partial charge in [0.25, 0.3) is 0 Å². The summed E-state index contributed by atoms with van der Waals surface area (Å²) in [6.45, 7) is 4.18. The van der Waals surface area contributed by atoms with E-state index in [1.165, 1.54) is 0 Å². The van der Waals surface area contributed by atoms with Gasteiger partial charge >= 0.3 is 17.9 Å². The van der Waals surface area contributed by atoms with Crippen molar-refractivity contribution in [3.63, 3.8) is 0 Å². The predicted octanol–water partition coefficient (Wildman–Crippen LogP) is 2.39. The third kappa shape index (κ3) is 12.7. The van der Waals surface area contributed by atoms with Crippen LogP contribution < -0.4 is 0 Å². The Morgan fingerprint density at radius 3 is 2.00 bits per heavy atom. The normalized spacial score (nSPS) is 13.6. The SMILES string of the molecule is CCCCC(=O)OCC(COCCC(C(=O)O)[N+](C)(C)C)OC(=O)CCCC. The molecule has 0 saturated heterocycles. The van der Waals surface area contributed by atoms with Crippen molar-refractivity contribution in [2.45, 2.75) is 70.9 Å². The maximum absolute atomic E-state index is 11.9. The Morgan fingerprint density at radius 2 is 1.50 bits per heavy atom. The molecule has 164 valence electrons. The van der Waals surface area contributed by atoms with Crippen molar-refractivity contribution in [3.8, 4) is 0 Å². The summed E-state index contributed by atoms with van der Waals surface area (Å²) >= 11 is 0. The van der Waals surface area contributed by atoms with Crippen molar-refractivity contribution in [2.24, 2.45) is 0 Å². The lowest BCUT2D eigenvalue weighted by Crippen LogP contribution is -2.50. The van der Waals surface area contributed by atoms with E-state index in [9.17, 15) is 19.5 Å². The van der Waals surface area contributed by atoms with Crippen LogP contribution in [-0.2, 0) is 28.6 Å². The minimum absolute atomic E-state index is 0.0574. The van der Waals surface area contributed by atoms with Gasteiger partial charge in [-0.15, -0.1) is 0 Å². The molecule has 0 spiro atoms. The van der Waals surface area contributed by atoms with Crippen LogP contribution in [0.3, 0.4) is 0 Å². The summed E-state index contributed by atoms with van der Waals surface area (Å²) in [5.74, 6) is -1.56. The number of carboxylic acids is 1. The third-order valence-corrected chi connectivity index (χ3v) is 4.26. The Bertz CT molecular complexity index is 474. The van der Waals surface area contributed by atoms with Crippen LogP contribution in [0.25, 0.3) is 0 Å². The first kappa shape index (κ1) is 26.3. The number of quaternary nitrogens is 1. The molecule has 0 bridgehead atoms. The molecule has 0 radical (unpaired) electrons. The predicted molar refractivity (Wildman–Crippen MR) is 105 cm³/mol. The molecule has 0 heterocycles. The second kappa shape index (κ2) is 14.3. The van der Waals surface area contributed by atoms with E-state index in [0.29, 0.717) is 19.3 Å². The molecule has 8 heteroatoms. The van der Waals surface area contributed by atoms with Crippen LogP contribution in [0.1, 0.15) is 58.8 Å². The molecule has 28 heavy (non-hydrogen) atoms. The van der Waals surface area contributed by atoms with E-state index in [4.69, 9.17) is 14.2 Å². The fraction of sp³-hybridized carbons (Fsp3) is 0.850. The topological polar surface area (TPSA) is 99.1 Å². The van der Waals surface area contributed by atoms with Crippen LogP contribution >= 0.6 is 0 Å². The van der Waals surface area contributed by atoms with Crippen LogP contribution in [0, 0.1) is 0 Å². The van der Waals surface area contributed by atoms with Gasteiger partial charge in [0.1, 0.15) is 6.61 Å². The standard InChI is InChI=1S/C20H37NO7/c1-6-8-10-18(22)27-15-16(28-19(23)11-9-7-2)14-26-13-12-17(20(24)25)21(3,4)5/h16-17H,6-15H2,1-5H3/p+1. The van der Waals surface area contributed by atoms with Gasteiger partial charge in [0.05, 0.1) is 34.4 Å². The molecular formula is C20H38NO7+. The number of hydrogen-bond donors (Lipinski definition) is 1. The number of carbonyl (C=O) groups is 3. The summed E-state index contributed by atoms with van der Waals surface area (Å²) in [5.41, 5.74) is 0. The van der Waals surface area contributed by atoms with Crippen LogP contribution in [0.4, 0.5) is 0 Å². The summed E-state index contributed by atoms with van der Waals surface area (Å²) in [6.07, 6.45) is 3.52. The average molecular weight is 405 g/mol. The number of unbranched alkanes of at least 4 members (excludes halogenated alkanes) is 2. The number of nitrogens with zero attached hydrogens (tertiary/aromatic N) is 1. The Morgan fingerprint density at radius 1 is 0.929 bits per heavy atom. The van der Waals surface area contributed by atoms with E-state index in [1.54, 1.807) is 0 Å². The smallest absolute Gasteiger partial charge is 0.362 e. The number of rotatable bonds is 16. The van der Waals surface area contributed by atoms with Crippen molar-refractivity contribution in [1.82, 2.24) is 0 Å². The Balaban J connectivity index is 4.55. The highest BCUT2D eigenvalue weighted by Gasteiger charge is 2.31. The number of likely N-dealkylation sites (N-methyl/N-ethyl adjacent to an activating group) is 1. The van der Waals surface area contributed by atoms with E-state index in [0.717, 1.165) is 25.7 Å². The highest BCUT2D eigenvalue weighted by Crippen LogP contribution is 2.09. The molecule has 0 aliphatic carbocycles. The average Bonchev–Trinajstić information content (AvgIpc) is 2.60. The fourth-order valence-electron chi connectivity index (χ4n) is 2.51. The minimum Gasteiger partial charge on any atom is -0.477 e. The van der Waals surface area contributed by atoms with E-state index in [1.807, 2.05) is 35.0 Å². The molecular weight excluding hydrogens is 366 g/mol. The van der Waals surface area contributed by atoms with Crippen LogP contribution in [0.15, 0.2) is 0 Å². The van der Waals surface area contributed by atoms with Gasteiger partial charge in [0.15, 0.2) is 12.1 Å². The zero-order valence-corrected chi connectivity index (χ0v) is 18.1. The highest BCUT2D eigenvalue weighted by atomic mass is 16.6. The summed E-state index contributed by atoms with van der Waals surface area (Å²) in [5, 5.41) is 9.34. The van der Waals surface area contributed by atoms with Gasteiger partial charge in [-0.3, -0.25) is 9.59 Å². The molecule has 0 rings (SSSR count). The van der Waals surface area contributed by atoms with Gasteiger partial charge in [-0.05, 0) is 12.8 Å². The fourth-order valence-corrected chi connectivity index (χ4v) is 2.51. The number of hydrogen-bond acceptors (Lipinski definition) is 6. The minimum atomic E-state index is -0.886. The number of aliphatic carboxylic acids is 1. The van der Waals surface area contributed by atoms with E-state index >= 15 is 0 Å². The molecule has 0 aromatic carbocycles. The molecule has 8 nitrogen and oxygen atoms in total. The lowest BCUT2D eigenvalue weighted by atomic mass is 10.1. The quantitative estimate of drug-likeness (QED) is 0.239. The zero-order chi connectivity index (χ0) is 21.6. The summed E-state index contributed by atoms with van der Waals surface area (Å²) in [7, 11) is 5.44. The highest BCUT2D eigenvalue weighted by molar-refractivity contribution is 5.72. The first-order valence-electron chi connectivity index (χ1n) is 10.1. The van der Waals surface area contributed by atoms with Crippen molar-refractivity contribution in [3.05, 3.63) is 0 Å². The Labute approximate surface area is 168 Å². The summed E-state index contributed by atoms with van der Waals surface area (Å²) < 4.78 is 16.4. The molecule has 0 aliphatic heterocycles. The number of carbonyl (C=O) groups excluding carboxylic acids is 2. The maximum Gasteiger partial charge on any atom is 0.362 e. The van der Waals surface area contributed by atoms with Gasteiger partial charge in [-0.1, -0.05) is 26.7 Å². The van der Waals surface area contributed by atoms with E-state index in [-0.39, 0.29) is 36.2 Å². The van der Waals surface area contributed by atoms with E-state index in [2.05, 4.69) is 0 Å². The Kier molecular flexibility index (Phi) is 13.5. The number of esters is 2. The molecule has 0 saturated carbocycles. The molecule has 0 amide bonds. The second-order valence-electron chi connectivity index (χ2n) is 7.84. The number of carboxylic acid groups (broad SMARTS) is 1.